The summed E-state index contributed by atoms with van der Waals surface area (Å²) in [4.78, 5) is 0. The van der Waals surface area contributed by atoms with E-state index in [1.54, 1.807) is 0 Å². The molecule has 2 rings (SSSR count). The van der Waals surface area contributed by atoms with Crippen molar-refractivity contribution in [3.8, 4) is 0 Å². The molecule has 0 saturated heterocycles. The van der Waals surface area contributed by atoms with Gasteiger partial charge in [-0.15, -0.1) is 0 Å². The SMILES string of the molecule is CCCCC(NC(C)c1ccccc1)c1cc(F)cc(C(F)(F)F)c1. The van der Waals surface area contributed by atoms with E-state index in [1.165, 1.54) is 6.07 Å². The molecule has 2 unspecified atom stereocenters. The molecule has 2 aromatic carbocycles. The maximum absolute atomic E-state index is 13.8. The number of halogens is 4. The van der Waals surface area contributed by atoms with E-state index in [2.05, 4.69) is 5.32 Å². The number of hydrogen-bond acceptors (Lipinski definition) is 1. The summed E-state index contributed by atoms with van der Waals surface area (Å²) < 4.78 is 52.8. The van der Waals surface area contributed by atoms with Gasteiger partial charge in [0.05, 0.1) is 5.56 Å². The Morgan fingerprint density at radius 1 is 1.00 bits per heavy atom. The molecule has 0 saturated carbocycles. The van der Waals surface area contributed by atoms with Crippen LogP contribution < -0.4 is 5.32 Å². The molecule has 5 heteroatoms. The zero-order valence-corrected chi connectivity index (χ0v) is 14.4. The average Bonchev–Trinajstić information content (AvgIpc) is 2.57. The summed E-state index contributed by atoms with van der Waals surface area (Å²) >= 11 is 0. The van der Waals surface area contributed by atoms with Gasteiger partial charge in [-0.05, 0) is 42.7 Å². The van der Waals surface area contributed by atoms with Gasteiger partial charge in [-0.25, -0.2) is 4.39 Å². The fraction of sp³-hybridized carbons (Fsp3) is 0.400. The van der Waals surface area contributed by atoms with Gasteiger partial charge in [0.15, 0.2) is 0 Å². The predicted octanol–water partition coefficient (Wildman–Crippen LogP) is 6.43. The molecule has 0 bridgehead atoms. The van der Waals surface area contributed by atoms with Crippen LogP contribution in [0.15, 0.2) is 48.5 Å². The third-order valence-electron chi connectivity index (χ3n) is 4.25. The molecule has 0 amide bonds. The Hall–Kier alpha value is -1.88. The van der Waals surface area contributed by atoms with Crippen LogP contribution in [-0.4, -0.2) is 0 Å². The normalized spacial score (nSPS) is 14.3. The van der Waals surface area contributed by atoms with Crippen molar-refractivity contribution in [3.63, 3.8) is 0 Å². The van der Waals surface area contributed by atoms with Gasteiger partial charge in [0.1, 0.15) is 5.82 Å². The van der Waals surface area contributed by atoms with Crippen molar-refractivity contribution >= 4 is 0 Å². The van der Waals surface area contributed by atoms with Crippen LogP contribution >= 0.6 is 0 Å². The van der Waals surface area contributed by atoms with Crippen molar-refractivity contribution in [1.29, 1.82) is 0 Å². The molecule has 2 atom stereocenters. The highest BCUT2D eigenvalue weighted by molar-refractivity contribution is 5.30. The van der Waals surface area contributed by atoms with Gasteiger partial charge in [0.25, 0.3) is 0 Å². The summed E-state index contributed by atoms with van der Waals surface area (Å²) in [6, 6.07) is 12.1. The van der Waals surface area contributed by atoms with Gasteiger partial charge in [0.2, 0.25) is 0 Å². The van der Waals surface area contributed by atoms with Crippen molar-refractivity contribution in [2.75, 3.05) is 0 Å². The molecular formula is C20H23F4N. The van der Waals surface area contributed by atoms with Crippen molar-refractivity contribution in [2.45, 2.75) is 51.4 Å². The quantitative estimate of drug-likeness (QED) is 0.566. The summed E-state index contributed by atoms with van der Waals surface area (Å²) in [7, 11) is 0. The molecule has 0 spiro atoms. The van der Waals surface area contributed by atoms with Crippen molar-refractivity contribution in [1.82, 2.24) is 5.32 Å². The van der Waals surface area contributed by atoms with E-state index < -0.39 is 17.6 Å². The van der Waals surface area contributed by atoms with Crippen LogP contribution in [0.4, 0.5) is 17.6 Å². The second-order valence-electron chi connectivity index (χ2n) is 6.26. The fourth-order valence-corrected chi connectivity index (χ4v) is 2.87. The van der Waals surface area contributed by atoms with Gasteiger partial charge in [-0.1, -0.05) is 50.1 Å². The summed E-state index contributed by atoms with van der Waals surface area (Å²) in [6.45, 7) is 3.97. The monoisotopic (exact) mass is 353 g/mol. The molecule has 1 N–H and O–H groups in total. The second-order valence-corrected chi connectivity index (χ2v) is 6.26. The summed E-state index contributed by atoms with van der Waals surface area (Å²) in [5.41, 5.74) is 0.429. The van der Waals surface area contributed by atoms with Crippen LogP contribution in [0, 0.1) is 5.82 Å². The first kappa shape index (κ1) is 19.4. The van der Waals surface area contributed by atoms with E-state index in [1.807, 2.05) is 44.2 Å². The number of alkyl halides is 3. The van der Waals surface area contributed by atoms with Crippen molar-refractivity contribution in [3.05, 3.63) is 71.0 Å². The minimum Gasteiger partial charge on any atom is -0.303 e. The Bertz CT molecular complexity index is 667. The lowest BCUT2D eigenvalue weighted by atomic mass is 9.97. The molecule has 0 aliphatic heterocycles. The minimum absolute atomic E-state index is 0.0549. The molecule has 136 valence electrons. The summed E-state index contributed by atoms with van der Waals surface area (Å²) in [5.74, 6) is -0.861. The molecule has 2 aromatic rings. The Kier molecular flexibility index (Phi) is 6.59. The van der Waals surface area contributed by atoms with Crippen LogP contribution in [0.25, 0.3) is 0 Å². The highest BCUT2D eigenvalue weighted by Crippen LogP contribution is 2.33. The molecule has 0 aliphatic rings. The van der Waals surface area contributed by atoms with E-state index in [4.69, 9.17) is 0 Å². The highest BCUT2D eigenvalue weighted by atomic mass is 19.4. The lowest BCUT2D eigenvalue weighted by Gasteiger charge is -2.25. The van der Waals surface area contributed by atoms with E-state index in [0.29, 0.717) is 18.1 Å². The maximum Gasteiger partial charge on any atom is 0.416 e. The predicted molar refractivity (Wildman–Crippen MR) is 91.7 cm³/mol. The van der Waals surface area contributed by atoms with Crippen LogP contribution in [-0.2, 0) is 6.18 Å². The smallest absolute Gasteiger partial charge is 0.303 e. The van der Waals surface area contributed by atoms with Crippen LogP contribution in [0.2, 0.25) is 0 Å². The molecule has 0 aliphatic carbocycles. The first-order valence-electron chi connectivity index (χ1n) is 8.50. The molecule has 0 fully saturated rings. The van der Waals surface area contributed by atoms with Gasteiger partial charge in [-0.3, -0.25) is 0 Å². The number of nitrogens with one attached hydrogen (secondary N) is 1. The Labute approximate surface area is 146 Å². The lowest BCUT2D eigenvalue weighted by molar-refractivity contribution is -0.137. The molecule has 1 nitrogen and oxygen atoms in total. The Morgan fingerprint density at radius 2 is 1.68 bits per heavy atom. The lowest BCUT2D eigenvalue weighted by Crippen LogP contribution is -2.25. The van der Waals surface area contributed by atoms with Crippen molar-refractivity contribution in [2.24, 2.45) is 0 Å². The minimum atomic E-state index is -4.56. The van der Waals surface area contributed by atoms with Gasteiger partial charge in [-0.2, -0.15) is 13.2 Å². The molecular weight excluding hydrogens is 330 g/mol. The molecule has 25 heavy (non-hydrogen) atoms. The highest BCUT2D eigenvalue weighted by Gasteiger charge is 2.32. The standard InChI is InChI=1S/C20H23F4N/c1-3-4-10-19(25-14(2)15-8-6-5-7-9-15)16-11-17(20(22,23)24)13-18(21)12-16/h5-9,11-14,19,25H,3-4,10H2,1-2H3. The largest absolute Gasteiger partial charge is 0.416 e. The van der Waals surface area contributed by atoms with Gasteiger partial charge < -0.3 is 5.32 Å². The average molecular weight is 353 g/mol. The third kappa shape index (κ3) is 5.56. The maximum atomic E-state index is 13.8. The topological polar surface area (TPSA) is 12.0 Å². The van der Waals surface area contributed by atoms with Crippen molar-refractivity contribution < 1.29 is 17.6 Å². The molecule has 0 radical (unpaired) electrons. The summed E-state index contributed by atoms with van der Waals surface area (Å²) in [6.07, 6.45) is -2.15. The number of unbranched alkanes of at least 4 members (excludes halogenated alkanes) is 1. The summed E-state index contributed by atoms with van der Waals surface area (Å²) in [5, 5.41) is 3.36. The third-order valence-corrected chi connectivity index (χ3v) is 4.25. The Balaban J connectivity index is 2.29. The Morgan fingerprint density at radius 3 is 2.28 bits per heavy atom. The zero-order valence-electron chi connectivity index (χ0n) is 14.4. The van der Waals surface area contributed by atoms with Gasteiger partial charge in [0, 0.05) is 12.1 Å². The van der Waals surface area contributed by atoms with E-state index in [-0.39, 0.29) is 12.1 Å². The van der Waals surface area contributed by atoms with Crippen LogP contribution in [0.3, 0.4) is 0 Å². The number of benzene rings is 2. The van der Waals surface area contributed by atoms with E-state index >= 15 is 0 Å². The fourth-order valence-electron chi connectivity index (χ4n) is 2.87. The van der Waals surface area contributed by atoms with Crippen LogP contribution in [0.1, 0.15) is 61.9 Å². The second kappa shape index (κ2) is 8.48. The van der Waals surface area contributed by atoms with E-state index in [9.17, 15) is 17.6 Å². The first-order valence-corrected chi connectivity index (χ1v) is 8.50. The molecule has 0 aromatic heterocycles. The zero-order chi connectivity index (χ0) is 18.4. The first-order chi connectivity index (χ1) is 11.8. The van der Waals surface area contributed by atoms with E-state index in [0.717, 1.165) is 24.5 Å². The van der Waals surface area contributed by atoms with Gasteiger partial charge >= 0.3 is 6.18 Å². The number of hydrogen-bond donors (Lipinski definition) is 1. The van der Waals surface area contributed by atoms with Crippen LogP contribution in [0.5, 0.6) is 0 Å². The number of rotatable bonds is 7. The molecule has 0 heterocycles.